The lowest BCUT2D eigenvalue weighted by Gasteiger charge is -2.42. The van der Waals surface area contributed by atoms with E-state index in [1.807, 2.05) is 82.3 Å². The fourth-order valence-electron chi connectivity index (χ4n) is 15.3. The number of imidazole rings is 2. The van der Waals surface area contributed by atoms with Gasteiger partial charge < -0.3 is 49.4 Å². The molecule has 2 aromatic carbocycles. The highest BCUT2D eigenvalue weighted by Crippen LogP contribution is 2.39. The third-order valence-corrected chi connectivity index (χ3v) is 24.2. The number of aromatic amines is 3. The SMILES string of the molecule is Cc1cc(Nc2cc(N3CCN(C4CC4)CC3)nc(Sc3ccc4nc(C(F)(F)F)cn4c3)n2)n[nH]1.Cc1cc(Nc2cc(N3CCN(C4CCN(C)CC4)CC3)nc(Sc3ccc4nc(C(F)(F)F)n(C)c4c3)n2)n[nH]1.Cc1ccc2cc(Sc3nc(Nc4cc(C)[nH]n4)cc(N4CCN(C5CCN(C)CC5)CC4)n3)cc(F)c2n1.[HH].[HH].[HH].[HH].[HH].[HH]. The van der Waals surface area contributed by atoms with E-state index >= 15 is 0 Å². The van der Waals surface area contributed by atoms with Crippen molar-refractivity contribution in [3.63, 3.8) is 0 Å². The monoisotopic (exact) mass is 1660 g/mol. The van der Waals surface area contributed by atoms with Gasteiger partial charge in [-0.05, 0) is 190 Å². The Morgan fingerprint density at radius 1 is 0.414 bits per heavy atom. The number of nitrogens with zero attached hydrogens (tertiary/aromatic N) is 22. The Kier molecular flexibility index (Phi) is 23.6. The third-order valence-electron chi connectivity index (χ3n) is 21.7. The summed E-state index contributed by atoms with van der Waals surface area (Å²) >= 11 is 3.94. The molecule has 10 aromatic heterocycles. The van der Waals surface area contributed by atoms with Crippen LogP contribution in [0.25, 0.3) is 27.6 Å². The van der Waals surface area contributed by atoms with Crippen molar-refractivity contribution in [1.29, 1.82) is 0 Å². The number of pyridine rings is 2. The van der Waals surface area contributed by atoms with Crippen molar-refractivity contribution < 1.29 is 39.3 Å². The summed E-state index contributed by atoms with van der Waals surface area (Å²) in [5.74, 6) is 5.05. The number of halogens is 7. The van der Waals surface area contributed by atoms with Crippen molar-refractivity contribution in [2.24, 2.45) is 7.05 Å². The first-order chi connectivity index (χ1) is 55.8. The molecule has 5 aliphatic heterocycles. The van der Waals surface area contributed by atoms with E-state index in [0.29, 0.717) is 78.4 Å². The molecule has 38 heteroatoms. The van der Waals surface area contributed by atoms with E-state index in [9.17, 15) is 30.7 Å². The Bertz CT molecular complexity index is 5450. The van der Waals surface area contributed by atoms with E-state index < -0.39 is 23.9 Å². The molecule has 0 atom stereocenters. The van der Waals surface area contributed by atoms with Gasteiger partial charge in [0.1, 0.15) is 46.1 Å². The molecule has 0 bridgehead atoms. The second-order valence-electron chi connectivity index (χ2n) is 30.4. The Labute approximate surface area is 687 Å². The largest absolute Gasteiger partial charge is 0.449 e. The highest BCUT2D eigenvalue weighted by Gasteiger charge is 2.38. The van der Waals surface area contributed by atoms with Gasteiger partial charge in [0.25, 0.3) is 0 Å². The summed E-state index contributed by atoms with van der Waals surface area (Å²) in [4.78, 5) is 62.1. The van der Waals surface area contributed by atoms with Crippen molar-refractivity contribution in [2.45, 2.75) is 127 Å². The predicted molar refractivity (Wildman–Crippen MR) is 449 cm³/mol. The number of aromatic nitrogens is 17. The molecule has 6 N–H and O–H groups in total. The maximum atomic E-state index is 14.9. The number of anilines is 9. The van der Waals surface area contributed by atoms with Gasteiger partial charge in [0.05, 0.1) is 11.0 Å². The van der Waals surface area contributed by atoms with E-state index in [4.69, 9.17) is 24.9 Å². The van der Waals surface area contributed by atoms with Gasteiger partial charge in [0, 0.05) is 204 Å². The molecule has 622 valence electrons. The molecular weight excluding hydrogens is 1560 g/mol. The lowest BCUT2D eigenvalue weighted by Crippen LogP contribution is -2.53. The predicted octanol–water partition coefficient (Wildman–Crippen LogP) is 15.0. The molecule has 15 heterocycles. The van der Waals surface area contributed by atoms with Crippen LogP contribution in [0.15, 0.2) is 134 Å². The minimum atomic E-state index is -4.53. The van der Waals surface area contributed by atoms with Crippen LogP contribution in [0.3, 0.4) is 0 Å². The molecule has 0 amide bonds. The smallest absolute Gasteiger partial charge is 0.354 e. The van der Waals surface area contributed by atoms with Crippen LogP contribution in [0.5, 0.6) is 0 Å². The van der Waals surface area contributed by atoms with E-state index in [1.165, 1.54) is 104 Å². The average Bonchev–Trinajstić information content (AvgIpc) is 1.67. The molecule has 28 nitrogen and oxygen atoms in total. The Balaban J connectivity index is 0.000000188. The van der Waals surface area contributed by atoms with Crippen molar-refractivity contribution in [3.05, 3.63) is 144 Å². The van der Waals surface area contributed by atoms with Gasteiger partial charge in [-0.25, -0.2) is 44.3 Å². The van der Waals surface area contributed by atoms with Gasteiger partial charge in [-0.1, -0.05) is 6.07 Å². The number of fused-ring (bicyclic) bond motifs is 3. The summed E-state index contributed by atoms with van der Waals surface area (Å²) in [7, 11) is 5.77. The number of piperazine rings is 3. The van der Waals surface area contributed by atoms with E-state index in [1.54, 1.807) is 36.5 Å². The number of benzene rings is 2. The van der Waals surface area contributed by atoms with E-state index in [0.717, 1.165) is 164 Å². The maximum absolute atomic E-state index is 14.9. The minimum absolute atomic E-state index is 0. The van der Waals surface area contributed by atoms with Crippen molar-refractivity contribution in [3.8, 4) is 0 Å². The number of H-pyrrole nitrogens is 3. The summed E-state index contributed by atoms with van der Waals surface area (Å²) in [6.07, 6.45) is 1.03. The first kappa shape index (κ1) is 79.9. The summed E-state index contributed by atoms with van der Waals surface area (Å²) in [5.41, 5.74) is 3.97. The molecule has 116 heavy (non-hydrogen) atoms. The first-order valence-corrected chi connectivity index (χ1v) is 41.4. The zero-order chi connectivity index (χ0) is 80.5. The number of aryl methyl sites for hydroxylation is 5. The second kappa shape index (κ2) is 34.3. The van der Waals surface area contributed by atoms with E-state index in [-0.39, 0.29) is 25.5 Å². The molecule has 0 unspecified atom stereocenters. The third kappa shape index (κ3) is 19.7. The van der Waals surface area contributed by atoms with Crippen LogP contribution in [-0.4, -0.2) is 246 Å². The maximum Gasteiger partial charge on any atom is 0.449 e. The van der Waals surface area contributed by atoms with Crippen LogP contribution in [0, 0.1) is 33.5 Å². The Morgan fingerprint density at radius 2 is 0.853 bits per heavy atom. The molecule has 5 saturated heterocycles. The highest BCUT2D eigenvalue weighted by molar-refractivity contribution is 7.99. The van der Waals surface area contributed by atoms with Crippen LogP contribution >= 0.6 is 35.3 Å². The number of nitrogens with one attached hydrogen (secondary N) is 6. The number of hydrogen-bond donors (Lipinski definition) is 6. The zero-order valence-electron chi connectivity index (χ0n) is 65.3. The quantitative estimate of drug-likeness (QED) is 0.0344. The molecule has 1 aliphatic carbocycles. The summed E-state index contributed by atoms with van der Waals surface area (Å²) in [6, 6.07) is 29.1. The fourth-order valence-corrected chi connectivity index (χ4v) is 17.7. The highest BCUT2D eigenvalue weighted by atomic mass is 32.2. The molecule has 18 rings (SSSR count). The fraction of sp³-hybridized carbons (Fsp3) is 0.436. The molecule has 0 radical (unpaired) electrons. The minimum Gasteiger partial charge on any atom is -0.354 e. The normalized spacial score (nSPS) is 17.6. The number of likely N-dealkylation sites (tertiary alicyclic amines) is 2. The van der Waals surface area contributed by atoms with Crippen molar-refractivity contribution >= 4 is 115 Å². The van der Waals surface area contributed by atoms with Gasteiger partial charge >= 0.3 is 12.4 Å². The molecule has 6 aliphatic rings. The standard InChI is InChI=1S/C28H34FN9S.C27H33F3N10S.C23H24F3N9S.6H2/c1-18-4-5-20-15-22(16-23(29)27(20)30-18)39-28-32-24(31-25-14-19(2)34-35-25)17-26(33-28)38-12-10-37(11-13-38)21-6-8-36(3)9-7-21;1-17-14-23(36-35-17)32-22-16-24(40-12-10-39(11-13-40)18-6-8-37(2)9-7-18)34-26(33-22)41-19-4-5-20-21(15-19)38(3)25(31-20)27(28,29)30;1-14-10-19(32-31-14)28-18-11-21(34-8-6-33(7-9-34)15-2-3-15)30-22(29-18)36-16-4-5-20-27-17(23(24,25)26)13-35(20)12-16;;;;;;/h4-5,14-17,21H,6-13H2,1-3H3,(H2,31,32,33,34,35);4-5,14-16,18H,6-13H2,1-3H3,(H2,32,33,34,35,36);4-5,10-13,15H,2-3,6-9H2,1H3,(H2,28,29,30,31,32);6*1H. The molecule has 0 spiro atoms. The summed E-state index contributed by atoms with van der Waals surface area (Å²) < 4.78 is 96.8. The van der Waals surface area contributed by atoms with Crippen LogP contribution in [0.2, 0.25) is 0 Å². The number of rotatable bonds is 18. The van der Waals surface area contributed by atoms with Gasteiger partial charge in [0.2, 0.25) is 5.82 Å². The number of piperidine rings is 2. The Morgan fingerprint density at radius 3 is 1.28 bits per heavy atom. The molecule has 6 fully saturated rings. The number of alkyl halides is 6. The lowest BCUT2D eigenvalue weighted by atomic mass is 10.0. The van der Waals surface area contributed by atoms with Crippen molar-refractivity contribution in [2.75, 3.05) is 149 Å². The van der Waals surface area contributed by atoms with Gasteiger partial charge in [-0.2, -0.15) is 41.6 Å². The van der Waals surface area contributed by atoms with Crippen molar-refractivity contribution in [1.82, 2.24) is 109 Å². The van der Waals surface area contributed by atoms with Gasteiger partial charge in [-0.3, -0.25) is 35.0 Å². The first-order valence-electron chi connectivity index (χ1n) is 38.9. The van der Waals surface area contributed by atoms with Crippen LogP contribution in [-0.2, 0) is 19.4 Å². The summed E-state index contributed by atoms with van der Waals surface area (Å²) in [5, 5.41) is 33.7. The van der Waals surface area contributed by atoms with Crippen LogP contribution in [0.1, 0.15) is 81.4 Å². The lowest BCUT2D eigenvalue weighted by molar-refractivity contribution is -0.146. The Hall–Kier alpha value is -9.96. The van der Waals surface area contributed by atoms with E-state index in [2.05, 4.69) is 120 Å². The second-order valence-corrected chi connectivity index (χ2v) is 33.5. The van der Waals surface area contributed by atoms with Crippen LogP contribution < -0.4 is 30.7 Å². The topological polar surface area (TPSA) is 273 Å². The number of hydrogen-bond acceptors (Lipinski definition) is 26. The zero-order valence-corrected chi connectivity index (χ0v) is 67.8. The van der Waals surface area contributed by atoms with Gasteiger partial charge in [-0.15, -0.1) is 0 Å². The van der Waals surface area contributed by atoms with Gasteiger partial charge in [0.15, 0.2) is 44.4 Å². The summed E-state index contributed by atoms with van der Waals surface area (Å²) in [6.45, 7) is 23.5. The molecule has 1 saturated carbocycles. The van der Waals surface area contributed by atoms with Crippen LogP contribution in [0.4, 0.5) is 83.1 Å². The average molecular weight is 1660 g/mol. The molecule has 12 aromatic rings. The molecular formula is C78H103F7N28S3.